The van der Waals surface area contributed by atoms with Gasteiger partial charge in [-0.3, -0.25) is 15.0 Å². The van der Waals surface area contributed by atoms with Crippen molar-refractivity contribution in [3.63, 3.8) is 0 Å². The molecule has 1 aromatic carbocycles. The van der Waals surface area contributed by atoms with E-state index in [0.717, 1.165) is 36.5 Å². The van der Waals surface area contributed by atoms with Gasteiger partial charge in [-0.1, -0.05) is 41.2 Å². The molecule has 3 aromatic rings. The van der Waals surface area contributed by atoms with Crippen LogP contribution in [0.4, 0.5) is 16.1 Å². The molecule has 0 radical (unpaired) electrons. The molecule has 2 N–H and O–H groups in total. The highest BCUT2D eigenvalue weighted by Crippen LogP contribution is 2.26. The zero-order valence-electron chi connectivity index (χ0n) is 17.8. The second kappa shape index (κ2) is 9.36. The summed E-state index contributed by atoms with van der Waals surface area (Å²) < 4.78 is 0. The number of rotatable bonds is 7. The summed E-state index contributed by atoms with van der Waals surface area (Å²) in [5.41, 5.74) is 2.06. The van der Waals surface area contributed by atoms with E-state index < -0.39 is 6.04 Å². The molecule has 1 amide bonds. The average molecular weight is 439 g/mol. The number of nitrogens with zero attached hydrogens (tertiary/aromatic N) is 6. The zero-order valence-corrected chi connectivity index (χ0v) is 18.6. The summed E-state index contributed by atoms with van der Waals surface area (Å²) in [7, 11) is 3.78. The number of carbonyl (C=O) groups excluding carboxylic acids is 1. The Morgan fingerprint density at radius 3 is 2.77 bits per heavy atom. The van der Waals surface area contributed by atoms with Crippen molar-refractivity contribution in [2.45, 2.75) is 25.4 Å². The Labute approximate surface area is 185 Å². The van der Waals surface area contributed by atoms with Crippen molar-refractivity contribution in [1.29, 1.82) is 0 Å². The Morgan fingerprint density at radius 2 is 2.03 bits per heavy atom. The zero-order chi connectivity index (χ0) is 21.8. The average Bonchev–Trinajstić information content (AvgIpc) is 3.38. The van der Waals surface area contributed by atoms with E-state index in [0.29, 0.717) is 10.3 Å². The molecule has 162 valence electrons. The van der Waals surface area contributed by atoms with E-state index >= 15 is 0 Å². The van der Waals surface area contributed by atoms with Crippen LogP contribution in [0.5, 0.6) is 0 Å². The number of carbonyl (C=O) groups is 1. The maximum absolute atomic E-state index is 13.0. The van der Waals surface area contributed by atoms with Crippen molar-refractivity contribution in [2.75, 3.05) is 42.7 Å². The fourth-order valence-corrected chi connectivity index (χ4v) is 4.48. The van der Waals surface area contributed by atoms with Crippen LogP contribution in [0.1, 0.15) is 23.6 Å². The van der Waals surface area contributed by atoms with E-state index in [1.54, 1.807) is 6.20 Å². The van der Waals surface area contributed by atoms with E-state index in [4.69, 9.17) is 0 Å². The molecule has 2 aromatic heterocycles. The molecule has 1 fully saturated rings. The van der Waals surface area contributed by atoms with Crippen LogP contribution in [0, 0.1) is 6.92 Å². The number of benzene rings is 1. The summed E-state index contributed by atoms with van der Waals surface area (Å²) in [5, 5.41) is 24.0. The third-order valence-electron chi connectivity index (χ3n) is 5.18. The number of hydrogen-bond donors (Lipinski definition) is 2. The minimum Gasteiger partial charge on any atom is -0.355 e. The predicted molar refractivity (Wildman–Crippen MR) is 122 cm³/mol. The quantitative estimate of drug-likeness (QED) is 0.581. The molecule has 4 rings (SSSR count). The third-order valence-corrected chi connectivity index (χ3v) is 5.95. The van der Waals surface area contributed by atoms with Crippen LogP contribution < -0.4 is 15.5 Å². The molecule has 10 heteroatoms. The fourth-order valence-electron chi connectivity index (χ4n) is 3.75. The minimum absolute atomic E-state index is 0.131. The summed E-state index contributed by atoms with van der Waals surface area (Å²) >= 11 is 1.34. The number of aryl methyl sites for hydroxylation is 1. The standard InChI is InChI=1S/C21H26N8OS/c1-14-6-4-7-15(12-14)18(28(2)3)19(30)24-21-27-26-20(31-21)23-16-9-11-29(13-16)17-8-5-10-22-25-17/h4-8,10,12,16,18H,9,11,13H2,1-3H3,(H,23,26)(H,24,27,30)/t16-,18?/m1/s1. The largest absolute Gasteiger partial charge is 0.355 e. The molecule has 1 saturated heterocycles. The molecule has 9 nitrogen and oxygen atoms in total. The van der Waals surface area contributed by atoms with Gasteiger partial charge in [0.25, 0.3) is 0 Å². The van der Waals surface area contributed by atoms with E-state index in [2.05, 4.69) is 35.9 Å². The van der Waals surface area contributed by atoms with Gasteiger partial charge in [-0.25, -0.2) is 0 Å². The Bertz CT molecular complexity index is 1020. The van der Waals surface area contributed by atoms with Crippen molar-refractivity contribution in [3.8, 4) is 0 Å². The van der Waals surface area contributed by atoms with Crippen LogP contribution in [-0.2, 0) is 4.79 Å². The number of amides is 1. The van der Waals surface area contributed by atoms with Gasteiger partial charge in [0.15, 0.2) is 5.82 Å². The Balaban J connectivity index is 1.37. The lowest BCUT2D eigenvalue weighted by Gasteiger charge is -2.23. The molecule has 0 bridgehead atoms. The van der Waals surface area contributed by atoms with E-state index in [1.165, 1.54) is 11.3 Å². The van der Waals surface area contributed by atoms with Crippen molar-refractivity contribution in [3.05, 3.63) is 53.7 Å². The van der Waals surface area contributed by atoms with E-state index in [9.17, 15) is 4.79 Å². The van der Waals surface area contributed by atoms with Crippen molar-refractivity contribution >= 4 is 33.3 Å². The molecule has 1 aliphatic rings. The van der Waals surface area contributed by atoms with Crippen molar-refractivity contribution < 1.29 is 4.79 Å². The van der Waals surface area contributed by atoms with Gasteiger partial charge in [0.2, 0.25) is 16.2 Å². The highest BCUT2D eigenvalue weighted by atomic mass is 32.1. The maximum Gasteiger partial charge on any atom is 0.248 e. The summed E-state index contributed by atoms with van der Waals surface area (Å²) in [6, 6.07) is 11.7. The fraction of sp³-hybridized carbons (Fsp3) is 0.381. The first kappa shape index (κ1) is 21.1. The molecule has 0 spiro atoms. The van der Waals surface area contributed by atoms with Crippen LogP contribution in [0.2, 0.25) is 0 Å². The Hall–Kier alpha value is -3.11. The van der Waals surface area contributed by atoms with Gasteiger partial charge in [0, 0.05) is 25.3 Å². The lowest BCUT2D eigenvalue weighted by molar-refractivity contribution is -0.120. The topological polar surface area (TPSA) is 99.2 Å². The van der Waals surface area contributed by atoms with Gasteiger partial charge in [-0.2, -0.15) is 5.10 Å². The summed E-state index contributed by atoms with van der Waals surface area (Å²) in [6.45, 7) is 3.74. The number of nitrogens with one attached hydrogen (secondary N) is 2. The normalized spacial score (nSPS) is 17.0. The SMILES string of the molecule is Cc1cccc(C(C(=O)Nc2nnc(N[C@@H]3CCN(c4cccnn4)C3)s2)N(C)C)c1. The van der Waals surface area contributed by atoms with E-state index in [-0.39, 0.29) is 11.9 Å². The highest BCUT2D eigenvalue weighted by Gasteiger charge is 2.26. The van der Waals surface area contributed by atoms with Crippen molar-refractivity contribution in [1.82, 2.24) is 25.3 Å². The van der Waals surface area contributed by atoms with Gasteiger partial charge in [0.05, 0.1) is 0 Å². The Kier molecular flexibility index (Phi) is 6.38. The summed E-state index contributed by atoms with van der Waals surface area (Å²) in [6.07, 6.45) is 2.64. The van der Waals surface area contributed by atoms with Crippen LogP contribution in [0.25, 0.3) is 0 Å². The number of likely N-dealkylation sites (N-methyl/N-ethyl adjacent to an activating group) is 1. The van der Waals surface area contributed by atoms with Gasteiger partial charge < -0.3 is 10.2 Å². The second-order valence-electron chi connectivity index (χ2n) is 7.84. The van der Waals surface area contributed by atoms with Gasteiger partial charge >= 0.3 is 0 Å². The molecular formula is C21H26N8OS. The third kappa shape index (κ3) is 5.15. The first-order chi connectivity index (χ1) is 15.0. The smallest absolute Gasteiger partial charge is 0.248 e. The van der Waals surface area contributed by atoms with Gasteiger partial charge in [-0.05, 0) is 45.1 Å². The molecule has 0 aliphatic carbocycles. The predicted octanol–water partition coefficient (Wildman–Crippen LogP) is 2.57. The number of aromatic nitrogens is 4. The minimum atomic E-state index is -0.407. The monoisotopic (exact) mass is 438 g/mol. The van der Waals surface area contributed by atoms with Gasteiger partial charge in [0.1, 0.15) is 6.04 Å². The summed E-state index contributed by atoms with van der Waals surface area (Å²) in [5.74, 6) is 0.746. The lowest BCUT2D eigenvalue weighted by Crippen LogP contribution is -2.32. The van der Waals surface area contributed by atoms with Crippen LogP contribution in [0.3, 0.4) is 0 Å². The first-order valence-electron chi connectivity index (χ1n) is 10.2. The lowest BCUT2D eigenvalue weighted by atomic mass is 10.0. The molecule has 1 unspecified atom stereocenters. The maximum atomic E-state index is 13.0. The molecule has 2 atom stereocenters. The number of hydrogen-bond acceptors (Lipinski definition) is 9. The number of anilines is 3. The molecule has 31 heavy (non-hydrogen) atoms. The first-order valence-corrected chi connectivity index (χ1v) is 11.0. The molecule has 3 heterocycles. The van der Waals surface area contributed by atoms with Crippen LogP contribution in [0.15, 0.2) is 42.6 Å². The Morgan fingerprint density at radius 1 is 1.19 bits per heavy atom. The van der Waals surface area contributed by atoms with Crippen LogP contribution >= 0.6 is 11.3 Å². The highest BCUT2D eigenvalue weighted by molar-refractivity contribution is 7.19. The van der Waals surface area contributed by atoms with Gasteiger partial charge in [-0.15, -0.1) is 15.3 Å². The second-order valence-corrected chi connectivity index (χ2v) is 8.82. The summed E-state index contributed by atoms with van der Waals surface area (Å²) in [4.78, 5) is 17.1. The van der Waals surface area contributed by atoms with Crippen LogP contribution in [-0.4, -0.2) is 64.4 Å². The van der Waals surface area contributed by atoms with E-state index in [1.807, 2.05) is 62.3 Å². The molecular weight excluding hydrogens is 412 g/mol. The molecule has 1 aliphatic heterocycles. The molecule has 0 saturated carbocycles. The van der Waals surface area contributed by atoms with Crippen molar-refractivity contribution in [2.24, 2.45) is 0 Å².